The van der Waals surface area contributed by atoms with Crippen molar-refractivity contribution in [1.29, 1.82) is 0 Å². The summed E-state index contributed by atoms with van der Waals surface area (Å²) >= 11 is 0. The van der Waals surface area contributed by atoms with Gasteiger partial charge < -0.3 is 15.0 Å². The summed E-state index contributed by atoms with van der Waals surface area (Å²) in [6.45, 7) is 11.0. The summed E-state index contributed by atoms with van der Waals surface area (Å²) in [6, 6.07) is 4.52. The minimum atomic E-state index is -0.698. The van der Waals surface area contributed by atoms with E-state index < -0.39 is 17.6 Å². The Hall–Kier alpha value is -2.37. The van der Waals surface area contributed by atoms with E-state index in [9.17, 15) is 9.59 Å². The number of aromatic nitrogens is 2. The van der Waals surface area contributed by atoms with Crippen LogP contribution in [0.25, 0.3) is 11.0 Å². The van der Waals surface area contributed by atoms with Gasteiger partial charge in [0.15, 0.2) is 0 Å². The average molecular weight is 331 g/mol. The highest BCUT2D eigenvalue weighted by atomic mass is 16.6. The lowest BCUT2D eigenvalue weighted by Crippen LogP contribution is -2.47. The van der Waals surface area contributed by atoms with Crippen molar-refractivity contribution >= 4 is 22.9 Å². The molecule has 1 atom stereocenters. The summed E-state index contributed by atoms with van der Waals surface area (Å²) in [4.78, 5) is 32.3. The number of imidazole rings is 1. The first-order chi connectivity index (χ1) is 11.1. The number of hydrogen-bond acceptors (Lipinski definition) is 4. The van der Waals surface area contributed by atoms with Crippen LogP contribution < -0.4 is 5.32 Å². The summed E-state index contributed by atoms with van der Waals surface area (Å²) in [7, 11) is 0. The quantitative estimate of drug-likeness (QED) is 0.844. The number of esters is 1. The van der Waals surface area contributed by atoms with Crippen LogP contribution in [-0.2, 0) is 9.53 Å². The number of aromatic amines is 1. The third-order valence-electron chi connectivity index (χ3n) is 3.48. The number of fused-ring (bicyclic) bond motifs is 1. The van der Waals surface area contributed by atoms with E-state index in [0.717, 1.165) is 16.9 Å². The number of carbonyl (C=O) groups is 2. The minimum Gasteiger partial charge on any atom is -0.458 e. The number of amides is 1. The molecule has 1 aromatic heterocycles. The number of carbonyl (C=O) groups excluding carboxylic acids is 2. The van der Waals surface area contributed by atoms with Gasteiger partial charge in [0.2, 0.25) is 0 Å². The van der Waals surface area contributed by atoms with Gasteiger partial charge in [0.05, 0.1) is 11.0 Å². The average Bonchev–Trinajstić information content (AvgIpc) is 2.80. The van der Waals surface area contributed by atoms with Gasteiger partial charge in [-0.15, -0.1) is 0 Å². The van der Waals surface area contributed by atoms with Gasteiger partial charge in [-0.3, -0.25) is 4.79 Å². The molecule has 0 saturated carbocycles. The molecule has 1 amide bonds. The van der Waals surface area contributed by atoms with Gasteiger partial charge >= 0.3 is 5.97 Å². The van der Waals surface area contributed by atoms with Crippen LogP contribution in [0.5, 0.6) is 0 Å². The molecule has 1 heterocycles. The van der Waals surface area contributed by atoms with E-state index in [0.29, 0.717) is 5.56 Å². The summed E-state index contributed by atoms with van der Waals surface area (Å²) in [5.74, 6) is -0.0312. The lowest BCUT2D eigenvalue weighted by Gasteiger charge is -2.26. The molecule has 0 fully saturated rings. The normalized spacial score (nSPS) is 13.1. The molecule has 0 saturated heterocycles. The molecule has 0 radical (unpaired) electrons. The van der Waals surface area contributed by atoms with Gasteiger partial charge in [0, 0.05) is 5.56 Å². The lowest BCUT2D eigenvalue weighted by molar-refractivity contribution is -0.158. The first-order valence-corrected chi connectivity index (χ1v) is 8.07. The minimum absolute atomic E-state index is 0.0815. The van der Waals surface area contributed by atoms with Crippen molar-refractivity contribution in [3.63, 3.8) is 0 Å². The number of ether oxygens (including phenoxy) is 1. The molecule has 2 rings (SSSR count). The van der Waals surface area contributed by atoms with Crippen molar-refractivity contribution in [2.75, 3.05) is 0 Å². The number of hydrogen-bond donors (Lipinski definition) is 2. The van der Waals surface area contributed by atoms with E-state index >= 15 is 0 Å². The number of nitrogens with one attached hydrogen (secondary N) is 2. The maximum atomic E-state index is 12.5. The summed E-state index contributed by atoms with van der Waals surface area (Å²) < 4.78 is 5.40. The van der Waals surface area contributed by atoms with Crippen molar-refractivity contribution in [3.05, 3.63) is 29.6 Å². The van der Waals surface area contributed by atoms with E-state index in [1.807, 2.05) is 20.8 Å². The number of benzene rings is 1. The highest BCUT2D eigenvalue weighted by molar-refractivity contribution is 5.99. The topological polar surface area (TPSA) is 84.1 Å². The first kappa shape index (κ1) is 18.0. The molecule has 130 valence electrons. The highest BCUT2D eigenvalue weighted by Crippen LogP contribution is 2.16. The largest absolute Gasteiger partial charge is 0.458 e. The van der Waals surface area contributed by atoms with Crippen LogP contribution in [-0.4, -0.2) is 33.5 Å². The zero-order valence-electron chi connectivity index (χ0n) is 15.1. The second kappa shape index (κ2) is 6.63. The van der Waals surface area contributed by atoms with Crippen LogP contribution in [0, 0.1) is 12.8 Å². The zero-order valence-corrected chi connectivity index (χ0v) is 15.1. The molecule has 0 bridgehead atoms. The van der Waals surface area contributed by atoms with E-state index in [4.69, 9.17) is 4.74 Å². The van der Waals surface area contributed by atoms with Gasteiger partial charge in [0.25, 0.3) is 5.91 Å². The Morgan fingerprint density at radius 1 is 1.25 bits per heavy atom. The Bertz CT molecular complexity index is 756. The van der Waals surface area contributed by atoms with Gasteiger partial charge in [-0.1, -0.05) is 13.8 Å². The van der Waals surface area contributed by atoms with Crippen molar-refractivity contribution in [3.8, 4) is 0 Å². The zero-order chi connectivity index (χ0) is 18.1. The van der Waals surface area contributed by atoms with E-state index in [-0.39, 0.29) is 11.8 Å². The molecule has 2 N–H and O–H groups in total. The van der Waals surface area contributed by atoms with Crippen molar-refractivity contribution in [2.24, 2.45) is 5.92 Å². The van der Waals surface area contributed by atoms with Gasteiger partial charge in [0.1, 0.15) is 17.5 Å². The smallest absolute Gasteiger partial charge is 0.329 e. The Balaban J connectivity index is 2.18. The summed E-state index contributed by atoms with van der Waals surface area (Å²) in [5, 5.41) is 2.78. The van der Waals surface area contributed by atoms with Crippen LogP contribution in [0.4, 0.5) is 0 Å². The maximum Gasteiger partial charge on any atom is 0.329 e. The lowest BCUT2D eigenvalue weighted by atomic mass is 10.0. The molecule has 6 heteroatoms. The van der Waals surface area contributed by atoms with E-state index in [1.54, 1.807) is 39.0 Å². The van der Waals surface area contributed by atoms with Gasteiger partial charge in [-0.2, -0.15) is 0 Å². The van der Waals surface area contributed by atoms with E-state index in [2.05, 4.69) is 15.3 Å². The fraction of sp³-hybridized carbons (Fsp3) is 0.500. The van der Waals surface area contributed by atoms with Crippen LogP contribution in [0.2, 0.25) is 0 Å². The summed E-state index contributed by atoms with van der Waals surface area (Å²) in [5.41, 5.74) is 1.47. The number of aryl methyl sites for hydroxylation is 1. The van der Waals surface area contributed by atoms with Crippen LogP contribution in [0.3, 0.4) is 0 Å². The molecule has 24 heavy (non-hydrogen) atoms. The predicted octanol–water partition coefficient (Wildman–Crippen LogP) is 2.97. The first-order valence-electron chi connectivity index (χ1n) is 8.07. The molecular formula is C18H25N3O3. The fourth-order valence-corrected chi connectivity index (χ4v) is 2.37. The Morgan fingerprint density at radius 3 is 2.50 bits per heavy atom. The Kier molecular flexibility index (Phi) is 4.96. The standard InChI is InChI=1S/C18H25N3O3/c1-10(2)15(17(23)24-18(4,5)6)21-16(22)12-7-8-13-14(9-12)20-11(3)19-13/h7-10,15H,1-6H3,(H,19,20)(H,21,22)/t15-/m0/s1. The predicted molar refractivity (Wildman–Crippen MR) is 92.8 cm³/mol. The molecule has 0 aliphatic carbocycles. The molecular weight excluding hydrogens is 306 g/mol. The molecule has 0 aliphatic heterocycles. The van der Waals surface area contributed by atoms with Crippen molar-refractivity contribution in [1.82, 2.24) is 15.3 Å². The van der Waals surface area contributed by atoms with Crippen LogP contribution >= 0.6 is 0 Å². The second-order valence-electron chi connectivity index (χ2n) is 7.28. The Morgan fingerprint density at radius 2 is 1.92 bits per heavy atom. The van der Waals surface area contributed by atoms with Crippen LogP contribution in [0.1, 0.15) is 50.8 Å². The SMILES string of the molecule is Cc1nc2ccc(C(=O)N[C@H](C(=O)OC(C)(C)C)C(C)C)cc2[nH]1. The monoisotopic (exact) mass is 331 g/mol. The number of nitrogens with zero attached hydrogens (tertiary/aromatic N) is 1. The fourth-order valence-electron chi connectivity index (χ4n) is 2.37. The Labute approximate surface area is 142 Å². The van der Waals surface area contributed by atoms with Gasteiger partial charge in [-0.05, 0) is 51.8 Å². The van der Waals surface area contributed by atoms with Crippen molar-refractivity contribution < 1.29 is 14.3 Å². The van der Waals surface area contributed by atoms with Crippen LogP contribution in [0.15, 0.2) is 18.2 Å². The highest BCUT2D eigenvalue weighted by Gasteiger charge is 2.29. The molecule has 6 nitrogen and oxygen atoms in total. The number of H-pyrrole nitrogens is 1. The molecule has 0 unspecified atom stereocenters. The van der Waals surface area contributed by atoms with Crippen molar-refractivity contribution in [2.45, 2.75) is 53.2 Å². The second-order valence-corrected chi connectivity index (χ2v) is 7.28. The van der Waals surface area contributed by atoms with E-state index in [1.165, 1.54) is 0 Å². The molecule has 0 spiro atoms. The molecule has 2 aromatic rings. The number of rotatable bonds is 4. The molecule has 0 aliphatic rings. The summed E-state index contributed by atoms with van der Waals surface area (Å²) in [6.07, 6.45) is 0. The maximum absolute atomic E-state index is 12.5. The third kappa shape index (κ3) is 4.34. The molecule has 1 aromatic carbocycles. The third-order valence-corrected chi connectivity index (χ3v) is 3.48. The van der Waals surface area contributed by atoms with Gasteiger partial charge in [-0.25, -0.2) is 9.78 Å².